The van der Waals surface area contributed by atoms with Crippen molar-refractivity contribution in [3.8, 4) is 0 Å². The van der Waals surface area contributed by atoms with Crippen LogP contribution in [0.15, 0.2) is 36.4 Å². The molecule has 0 saturated heterocycles. The third-order valence-electron chi connectivity index (χ3n) is 4.90. The number of rotatable bonds is 4. The lowest BCUT2D eigenvalue weighted by Crippen LogP contribution is -2.46. The average molecular weight is 308 g/mol. The van der Waals surface area contributed by atoms with E-state index in [1.165, 1.54) is 33.6 Å². The summed E-state index contributed by atoms with van der Waals surface area (Å²) in [6.45, 7) is 4.35. The largest absolute Gasteiger partial charge is 0.349 e. The van der Waals surface area contributed by atoms with Gasteiger partial charge in [-0.25, -0.2) is 0 Å². The number of nitrogens with two attached hydrogens (primary N) is 2. The van der Waals surface area contributed by atoms with Crippen molar-refractivity contribution in [2.75, 3.05) is 29.6 Å². The average Bonchev–Trinajstić information content (AvgIpc) is 2.55. The van der Waals surface area contributed by atoms with Gasteiger partial charge in [-0.05, 0) is 60.3 Å². The first kappa shape index (κ1) is 14.5. The Balaban J connectivity index is 1.68. The Bertz CT molecular complexity index is 664. The zero-order chi connectivity index (χ0) is 15.8. The minimum Gasteiger partial charge on any atom is -0.349 e. The molecule has 23 heavy (non-hydrogen) atoms. The molecule has 0 spiro atoms. The molecule has 120 valence electrons. The Hall–Kier alpha value is -2.04. The van der Waals surface area contributed by atoms with Crippen LogP contribution >= 0.6 is 0 Å². The topological polar surface area (TPSA) is 58.5 Å². The minimum absolute atomic E-state index is 0.707. The summed E-state index contributed by atoms with van der Waals surface area (Å²) in [6, 6.07) is 13.6. The van der Waals surface area contributed by atoms with E-state index in [1.807, 2.05) is 0 Å². The second kappa shape index (κ2) is 5.87. The zero-order valence-electron chi connectivity index (χ0n) is 13.5. The first-order chi connectivity index (χ1) is 11.3. The van der Waals surface area contributed by atoms with E-state index in [-0.39, 0.29) is 0 Å². The summed E-state index contributed by atoms with van der Waals surface area (Å²) in [7, 11) is 0. The lowest BCUT2D eigenvalue weighted by molar-refractivity contribution is 0.649. The highest BCUT2D eigenvalue weighted by Crippen LogP contribution is 2.38. The first-order valence-corrected chi connectivity index (χ1v) is 8.42. The van der Waals surface area contributed by atoms with E-state index >= 15 is 0 Å². The molecular weight excluding hydrogens is 284 g/mol. The van der Waals surface area contributed by atoms with Gasteiger partial charge in [0.05, 0.1) is 6.67 Å². The molecule has 2 aliphatic rings. The zero-order valence-corrected chi connectivity index (χ0v) is 13.5. The molecule has 0 amide bonds. The first-order valence-electron chi connectivity index (χ1n) is 8.42. The fourth-order valence-corrected chi connectivity index (χ4v) is 3.83. The van der Waals surface area contributed by atoms with E-state index < -0.39 is 0 Å². The molecule has 0 saturated carbocycles. The monoisotopic (exact) mass is 308 g/mol. The molecule has 2 heterocycles. The van der Waals surface area contributed by atoms with Crippen LogP contribution in [0, 0.1) is 0 Å². The van der Waals surface area contributed by atoms with Crippen molar-refractivity contribution < 1.29 is 0 Å². The van der Waals surface area contributed by atoms with Gasteiger partial charge in [0.1, 0.15) is 0 Å². The molecule has 2 aromatic carbocycles. The van der Waals surface area contributed by atoms with Gasteiger partial charge in [-0.1, -0.05) is 24.3 Å². The Labute approximate surface area is 137 Å². The van der Waals surface area contributed by atoms with E-state index in [0.717, 1.165) is 32.6 Å². The van der Waals surface area contributed by atoms with Crippen LogP contribution in [0.2, 0.25) is 0 Å². The molecule has 0 unspecified atom stereocenters. The molecule has 2 aliphatic heterocycles. The fraction of sp³-hybridized carbons (Fsp3) is 0.368. The Morgan fingerprint density at radius 3 is 1.65 bits per heavy atom. The minimum atomic E-state index is 0.707. The van der Waals surface area contributed by atoms with Crippen molar-refractivity contribution in [1.82, 2.24) is 0 Å². The maximum Gasteiger partial charge on any atom is 0.0910 e. The molecule has 4 heteroatoms. The second-order valence-corrected chi connectivity index (χ2v) is 6.54. The molecular formula is C19H24N4. The number of fused-ring (bicyclic) bond motifs is 6. The maximum absolute atomic E-state index is 5.70. The molecule has 0 fully saturated rings. The molecule has 0 aromatic heterocycles. The summed E-state index contributed by atoms with van der Waals surface area (Å²) in [4.78, 5) is 4.94. The summed E-state index contributed by atoms with van der Waals surface area (Å²) in [5.74, 6) is 0. The fourth-order valence-electron chi connectivity index (χ4n) is 3.83. The number of anilines is 2. The molecule has 2 bridgehead atoms. The van der Waals surface area contributed by atoms with Gasteiger partial charge >= 0.3 is 0 Å². The Morgan fingerprint density at radius 2 is 1.22 bits per heavy atom. The van der Waals surface area contributed by atoms with Crippen molar-refractivity contribution in [2.45, 2.75) is 25.9 Å². The van der Waals surface area contributed by atoms with Gasteiger partial charge in [-0.2, -0.15) is 0 Å². The summed E-state index contributed by atoms with van der Waals surface area (Å²) in [5, 5.41) is 0. The number of benzene rings is 2. The van der Waals surface area contributed by atoms with Gasteiger partial charge in [0.25, 0.3) is 0 Å². The summed E-state index contributed by atoms with van der Waals surface area (Å²) >= 11 is 0. The predicted molar refractivity (Wildman–Crippen MR) is 95.6 cm³/mol. The number of nitrogens with zero attached hydrogens (tertiary/aromatic N) is 2. The summed E-state index contributed by atoms with van der Waals surface area (Å²) < 4.78 is 0. The van der Waals surface area contributed by atoms with Crippen molar-refractivity contribution >= 4 is 11.4 Å². The van der Waals surface area contributed by atoms with Crippen molar-refractivity contribution in [2.24, 2.45) is 11.5 Å². The van der Waals surface area contributed by atoms with Gasteiger partial charge in [0.15, 0.2) is 0 Å². The number of hydrogen-bond acceptors (Lipinski definition) is 4. The van der Waals surface area contributed by atoms with Gasteiger partial charge in [0.2, 0.25) is 0 Å². The lowest BCUT2D eigenvalue weighted by atomic mass is 9.97. The Kier molecular flexibility index (Phi) is 3.71. The van der Waals surface area contributed by atoms with Crippen LogP contribution in [0.25, 0.3) is 0 Å². The van der Waals surface area contributed by atoms with Crippen LogP contribution in [0.4, 0.5) is 11.4 Å². The smallest absolute Gasteiger partial charge is 0.0910 e. The van der Waals surface area contributed by atoms with Crippen molar-refractivity contribution in [3.63, 3.8) is 0 Å². The SMILES string of the molecule is NCCc1ccc2c(c1)CN1CN2Cc2cc(CCN)ccc21. The van der Waals surface area contributed by atoms with Crippen LogP contribution in [0.1, 0.15) is 22.3 Å². The van der Waals surface area contributed by atoms with E-state index in [2.05, 4.69) is 46.2 Å². The Morgan fingerprint density at radius 1 is 0.739 bits per heavy atom. The molecule has 0 aliphatic carbocycles. The normalized spacial score (nSPS) is 15.4. The van der Waals surface area contributed by atoms with Crippen LogP contribution in [0.3, 0.4) is 0 Å². The quantitative estimate of drug-likeness (QED) is 0.907. The second-order valence-electron chi connectivity index (χ2n) is 6.54. The van der Waals surface area contributed by atoms with E-state index in [9.17, 15) is 0 Å². The van der Waals surface area contributed by atoms with Crippen LogP contribution < -0.4 is 21.3 Å². The molecule has 2 aromatic rings. The van der Waals surface area contributed by atoms with Crippen LogP contribution in [-0.2, 0) is 25.9 Å². The van der Waals surface area contributed by atoms with Crippen molar-refractivity contribution in [3.05, 3.63) is 58.7 Å². The van der Waals surface area contributed by atoms with Gasteiger partial charge in [0, 0.05) is 24.5 Å². The number of hydrogen-bond donors (Lipinski definition) is 2. The standard InChI is InChI=1S/C19H24N4/c20-7-5-14-1-3-18-16(9-14)11-23-13-22(18)12-17-10-15(6-8-21)2-4-19(17)23/h1-4,9-10H,5-8,11-13,20-21H2. The van der Waals surface area contributed by atoms with E-state index in [0.29, 0.717) is 13.1 Å². The molecule has 4 N–H and O–H groups in total. The molecule has 0 radical (unpaired) electrons. The van der Waals surface area contributed by atoms with Crippen LogP contribution in [0.5, 0.6) is 0 Å². The van der Waals surface area contributed by atoms with Gasteiger partial charge in [-0.3, -0.25) is 0 Å². The highest BCUT2D eigenvalue weighted by atomic mass is 15.4. The third-order valence-corrected chi connectivity index (χ3v) is 4.90. The molecule has 4 rings (SSSR count). The predicted octanol–water partition coefficient (Wildman–Crippen LogP) is 1.99. The van der Waals surface area contributed by atoms with Gasteiger partial charge < -0.3 is 21.3 Å². The van der Waals surface area contributed by atoms with Crippen LogP contribution in [-0.4, -0.2) is 19.8 Å². The van der Waals surface area contributed by atoms with E-state index in [4.69, 9.17) is 11.5 Å². The van der Waals surface area contributed by atoms with E-state index in [1.54, 1.807) is 0 Å². The highest BCUT2D eigenvalue weighted by molar-refractivity contribution is 5.68. The summed E-state index contributed by atoms with van der Waals surface area (Å²) in [5.41, 5.74) is 19.7. The molecule has 0 atom stereocenters. The maximum atomic E-state index is 5.70. The van der Waals surface area contributed by atoms with Crippen molar-refractivity contribution in [1.29, 1.82) is 0 Å². The summed E-state index contributed by atoms with van der Waals surface area (Å²) in [6.07, 6.45) is 1.90. The highest BCUT2D eigenvalue weighted by Gasteiger charge is 2.29. The third kappa shape index (κ3) is 2.58. The van der Waals surface area contributed by atoms with Gasteiger partial charge in [-0.15, -0.1) is 0 Å². The lowest BCUT2D eigenvalue weighted by Gasteiger charge is -2.45. The molecule has 4 nitrogen and oxygen atoms in total.